The van der Waals surface area contributed by atoms with Crippen LogP contribution in [-0.2, 0) is 19.4 Å². The van der Waals surface area contributed by atoms with Crippen LogP contribution in [0.4, 0.5) is 0 Å². The second kappa shape index (κ2) is 6.71. The Morgan fingerprint density at radius 2 is 2.32 bits per heavy atom. The molecule has 1 aliphatic rings. The molecule has 0 aliphatic carbocycles. The molecule has 1 amide bonds. The maximum atomic E-state index is 12.2. The van der Waals surface area contributed by atoms with Crippen molar-refractivity contribution >= 4 is 29.3 Å². The average molecular weight is 337 g/mol. The van der Waals surface area contributed by atoms with Gasteiger partial charge in [-0.2, -0.15) is 0 Å². The Balaban J connectivity index is 1.60. The van der Waals surface area contributed by atoms with Gasteiger partial charge in [-0.25, -0.2) is 0 Å². The zero-order valence-electron chi connectivity index (χ0n) is 12.3. The highest BCUT2D eigenvalue weighted by atomic mass is 35.5. The van der Waals surface area contributed by atoms with E-state index in [-0.39, 0.29) is 5.91 Å². The van der Waals surface area contributed by atoms with Gasteiger partial charge < -0.3 is 9.88 Å². The van der Waals surface area contributed by atoms with Crippen molar-refractivity contribution in [2.75, 3.05) is 12.8 Å². The van der Waals surface area contributed by atoms with Crippen LogP contribution >= 0.6 is 23.4 Å². The zero-order valence-corrected chi connectivity index (χ0v) is 13.9. The normalized spacial score (nSPS) is 13.2. The average Bonchev–Trinajstić information content (AvgIpc) is 3.12. The van der Waals surface area contributed by atoms with Gasteiger partial charge in [-0.05, 0) is 30.9 Å². The number of rotatable bonds is 5. The molecule has 1 N–H and O–H groups in total. The summed E-state index contributed by atoms with van der Waals surface area (Å²) < 4.78 is 2.15. The molecule has 0 atom stereocenters. The van der Waals surface area contributed by atoms with E-state index in [2.05, 4.69) is 20.1 Å². The molecule has 2 heterocycles. The highest BCUT2D eigenvalue weighted by molar-refractivity contribution is 7.98. The van der Waals surface area contributed by atoms with Gasteiger partial charge >= 0.3 is 0 Å². The Morgan fingerprint density at radius 1 is 1.45 bits per heavy atom. The number of nitrogens with zero attached hydrogens (tertiary/aromatic N) is 3. The maximum absolute atomic E-state index is 12.2. The van der Waals surface area contributed by atoms with E-state index >= 15 is 0 Å². The number of benzene rings is 1. The molecule has 5 nitrogen and oxygen atoms in total. The maximum Gasteiger partial charge on any atom is 0.252 e. The monoisotopic (exact) mass is 336 g/mol. The topological polar surface area (TPSA) is 59.8 Å². The van der Waals surface area contributed by atoms with E-state index in [4.69, 9.17) is 11.6 Å². The van der Waals surface area contributed by atoms with E-state index < -0.39 is 0 Å². The fourth-order valence-corrected chi connectivity index (χ4v) is 3.23. The molecule has 0 radical (unpaired) electrons. The third kappa shape index (κ3) is 3.13. The molecule has 0 unspecified atom stereocenters. The fourth-order valence-electron chi connectivity index (χ4n) is 2.58. The largest absolute Gasteiger partial charge is 0.352 e. The van der Waals surface area contributed by atoms with Gasteiger partial charge in [0.2, 0.25) is 0 Å². The molecule has 2 aromatic rings. The molecule has 0 saturated heterocycles. The van der Waals surface area contributed by atoms with Crippen LogP contribution in [0.3, 0.4) is 0 Å². The van der Waals surface area contributed by atoms with Crippen LogP contribution in [0.1, 0.15) is 28.4 Å². The molecule has 3 rings (SSSR count). The molecular weight excluding hydrogens is 320 g/mol. The molecule has 22 heavy (non-hydrogen) atoms. The number of fused-ring (bicyclic) bond motifs is 1. The Labute approximate surface area is 138 Å². The van der Waals surface area contributed by atoms with Gasteiger partial charge in [0.05, 0.1) is 10.6 Å². The molecule has 0 fully saturated rings. The molecule has 0 spiro atoms. The van der Waals surface area contributed by atoms with E-state index in [0.717, 1.165) is 35.9 Å². The number of thioether (sulfide) groups is 1. The minimum absolute atomic E-state index is 0.151. The van der Waals surface area contributed by atoms with Crippen molar-refractivity contribution in [2.24, 2.45) is 0 Å². The number of carbonyl (C=O) groups is 1. The first-order chi connectivity index (χ1) is 10.7. The number of aromatic nitrogens is 3. The first kappa shape index (κ1) is 15.4. The van der Waals surface area contributed by atoms with Gasteiger partial charge in [-0.15, -0.1) is 22.0 Å². The number of hydrogen-bond acceptors (Lipinski definition) is 4. The second-order valence-corrected chi connectivity index (χ2v) is 6.43. The van der Waals surface area contributed by atoms with Crippen LogP contribution < -0.4 is 5.32 Å². The fraction of sp³-hybridized carbons (Fsp3) is 0.400. The van der Waals surface area contributed by atoms with E-state index in [9.17, 15) is 4.79 Å². The Hall–Kier alpha value is -1.53. The summed E-state index contributed by atoms with van der Waals surface area (Å²) in [5.41, 5.74) is 0.514. The Bertz CT molecular complexity index is 701. The number of nitrogens with one attached hydrogen (secondary N) is 1. The van der Waals surface area contributed by atoms with Crippen molar-refractivity contribution < 1.29 is 4.79 Å². The summed E-state index contributed by atoms with van der Waals surface area (Å²) in [6.45, 7) is 1.50. The summed E-state index contributed by atoms with van der Waals surface area (Å²) in [5, 5.41) is 11.7. The molecule has 0 saturated carbocycles. The zero-order chi connectivity index (χ0) is 15.5. The number of hydrogen-bond donors (Lipinski definition) is 1. The summed E-state index contributed by atoms with van der Waals surface area (Å²) in [6, 6.07) is 5.48. The molecule has 1 aliphatic heterocycles. The van der Waals surface area contributed by atoms with Gasteiger partial charge in [0.25, 0.3) is 5.91 Å². The molecule has 1 aromatic heterocycles. The number of amides is 1. The second-order valence-electron chi connectivity index (χ2n) is 5.14. The van der Waals surface area contributed by atoms with Crippen LogP contribution in [0, 0.1) is 0 Å². The van der Waals surface area contributed by atoms with Gasteiger partial charge in [0.15, 0.2) is 0 Å². The van der Waals surface area contributed by atoms with Crippen molar-refractivity contribution in [2.45, 2.75) is 30.7 Å². The molecule has 0 bridgehead atoms. The van der Waals surface area contributed by atoms with Crippen LogP contribution in [0.2, 0.25) is 5.02 Å². The summed E-state index contributed by atoms with van der Waals surface area (Å²) in [5.74, 6) is 1.84. The third-order valence-corrected chi connectivity index (χ3v) is 4.79. The summed E-state index contributed by atoms with van der Waals surface area (Å²) in [4.78, 5) is 13.3. The van der Waals surface area contributed by atoms with Gasteiger partial charge in [-0.1, -0.05) is 11.6 Å². The lowest BCUT2D eigenvalue weighted by Gasteiger charge is -2.08. The van der Waals surface area contributed by atoms with Gasteiger partial charge in [0.1, 0.15) is 11.6 Å². The van der Waals surface area contributed by atoms with Crippen molar-refractivity contribution in [3.05, 3.63) is 40.4 Å². The van der Waals surface area contributed by atoms with Crippen molar-refractivity contribution in [3.63, 3.8) is 0 Å². The minimum Gasteiger partial charge on any atom is -0.352 e. The summed E-state index contributed by atoms with van der Waals surface area (Å²) >= 11 is 7.69. The van der Waals surface area contributed by atoms with Gasteiger partial charge in [-0.3, -0.25) is 4.79 Å². The SMILES string of the molecule is CSc1ccc(Cl)c(C(=O)NCCc2nnc3n2CCC3)c1. The predicted molar refractivity (Wildman–Crippen MR) is 87.6 cm³/mol. The summed E-state index contributed by atoms with van der Waals surface area (Å²) in [7, 11) is 0. The molecule has 7 heteroatoms. The Kier molecular flexibility index (Phi) is 4.69. The van der Waals surface area contributed by atoms with Crippen LogP contribution in [-0.4, -0.2) is 33.5 Å². The van der Waals surface area contributed by atoms with Crippen LogP contribution in [0.25, 0.3) is 0 Å². The quantitative estimate of drug-likeness (QED) is 0.852. The van der Waals surface area contributed by atoms with E-state index in [0.29, 0.717) is 23.6 Å². The van der Waals surface area contributed by atoms with Crippen molar-refractivity contribution in [3.8, 4) is 0 Å². The number of carbonyl (C=O) groups excluding carboxylic acids is 1. The predicted octanol–water partition coefficient (Wildman–Crippen LogP) is 2.57. The lowest BCUT2D eigenvalue weighted by molar-refractivity contribution is 0.0954. The molecule has 116 valence electrons. The highest BCUT2D eigenvalue weighted by Gasteiger charge is 2.17. The first-order valence-electron chi connectivity index (χ1n) is 7.21. The van der Waals surface area contributed by atoms with E-state index in [1.165, 1.54) is 0 Å². The smallest absolute Gasteiger partial charge is 0.252 e. The van der Waals surface area contributed by atoms with Crippen LogP contribution in [0.5, 0.6) is 0 Å². The first-order valence-corrected chi connectivity index (χ1v) is 8.82. The standard InChI is InChI=1S/C15H17ClN4OS/c1-22-10-4-5-12(16)11(9-10)15(21)17-7-6-14-19-18-13-3-2-8-20(13)14/h4-5,9H,2-3,6-8H2,1H3,(H,17,21). The number of halogens is 1. The van der Waals surface area contributed by atoms with Crippen molar-refractivity contribution in [1.82, 2.24) is 20.1 Å². The van der Waals surface area contributed by atoms with Crippen LogP contribution in [0.15, 0.2) is 23.1 Å². The highest BCUT2D eigenvalue weighted by Crippen LogP contribution is 2.23. The minimum atomic E-state index is -0.151. The van der Waals surface area contributed by atoms with E-state index in [1.54, 1.807) is 17.8 Å². The number of aryl methyl sites for hydroxylation is 1. The van der Waals surface area contributed by atoms with Crippen molar-refractivity contribution in [1.29, 1.82) is 0 Å². The molecule has 1 aromatic carbocycles. The lowest BCUT2D eigenvalue weighted by atomic mass is 10.2. The van der Waals surface area contributed by atoms with Gasteiger partial charge in [0, 0.05) is 30.8 Å². The van der Waals surface area contributed by atoms with E-state index in [1.807, 2.05) is 18.4 Å². The Morgan fingerprint density at radius 3 is 3.14 bits per heavy atom. The lowest BCUT2D eigenvalue weighted by Crippen LogP contribution is -2.26. The summed E-state index contributed by atoms with van der Waals surface area (Å²) in [6.07, 6.45) is 4.77. The third-order valence-electron chi connectivity index (χ3n) is 3.74. The molecular formula is C15H17ClN4OS.